The number of amides is 6. The molecule has 0 atom stereocenters. The smallest absolute Gasteiger partial charge is 0.263 e. The van der Waals surface area contributed by atoms with Crippen LogP contribution in [0.3, 0.4) is 0 Å². The highest BCUT2D eigenvalue weighted by Gasteiger charge is 2.35. The Hall–Kier alpha value is -6.21. The summed E-state index contributed by atoms with van der Waals surface area (Å²) in [7, 11) is 5.71. The van der Waals surface area contributed by atoms with Crippen LogP contribution in [0.5, 0.6) is 23.0 Å². The van der Waals surface area contributed by atoms with Gasteiger partial charge in [0.15, 0.2) is 5.78 Å². The maximum atomic E-state index is 15.5. The lowest BCUT2D eigenvalue weighted by atomic mass is 9.92. The highest BCUT2D eigenvalue weighted by atomic mass is 32.2. The van der Waals surface area contributed by atoms with E-state index in [-0.39, 0.29) is 105 Å². The van der Waals surface area contributed by atoms with Gasteiger partial charge in [-0.15, -0.1) is 0 Å². The van der Waals surface area contributed by atoms with Gasteiger partial charge in [0.05, 0.1) is 73.1 Å². The summed E-state index contributed by atoms with van der Waals surface area (Å²) in [5.41, 5.74) is 2.64. The number of nitrogens with zero attached hydrogens (tertiary/aromatic N) is 6. The number of hydrogen-bond acceptors (Lipinski definition) is 22. The van der Waals surface area contributed by atoms with Gasteiger partial charge in [-0.2, -0.15) is 0 Å². The van der Waals surface area contributed by atoms with Gasteiger partial charge in [0.2, 0.25) is 0 Å². The minimum Gasteiger partial charge on any atom is -0.495 e. The predicted molar refractivity (Wildman–Crippen MR) is 358 cm³/mol. The van der Waals surface area contributed by atoms with Crippen LogP contribution in [-0.4, -0.2) is 224 Å². The van der Waals surface area contributed by atoms with Crippen LogP contribution >= 0.6 is 95.9 Å². The molecule has 5 heterocycles. The maximum absolute atomic E-state index is 15.5. The Kier molecular flexibility index (Phi) is 22.7. The molecule has 9 rings (SSSR count). The van der Waals surface area contributed by atoms with Crippen molar-refractivity contribution in [3.8, 4) is 23.0 Å². The number of para-hydroxylation sites is 4. The van der Waals surface area contributed by atoms with Gasteiger partial charge >= 0.3 is 0 Å². The van der Waals surface area contributed by atoms with Crippen LogP contribution in [0.1, 0.15) is 84.5 Å². The molecule has 0 aliphatic carbocycles. The molecule has 0 unspecified atom stereocenters. The second kappa shape index (κ2) is 30.3. The first-order chi connectivity index (χ1) is 42.1. The van der Waals surface area contributed by atoms with E-state index in [1.807, 2.05) is 0 Å². The van der Waals surface area contributed by atoms with Crippen molar-refractivity contribution < 1.29 is 52.5 Å². The fraction of sp³-hybridized carbons (Fsp3) is 0.373. The molecule has 0 spiro atoms. The number of carbonyl (C=O) groups is 7. The fourth-order valence-corrected chi connectivity index (χ4v) is 15.4. The van der Waals surface area contributed by atoms with Crippen molar-refractivity contribution >= 4 is 160 Å². The van der Waals surface area contributed by atoms with E-state index in [9.17, 15) is 28.8 Å². The van der Waals surface area contributed by atoms with E-state index in [0.717, 1.165) is 0 Å². The molecule has 5 aliphatic rings. The third-order valence-electron chi connectivity index (χ3n) is 15.0. The molecular formula is C59H63N9O11S8. The van der Waals surface area contributed by atoms with Gasteiger partial charge in [-0.1, -0.05) is 120 Å². The maximum Gasteiger partial charge on any atom is 0.263 e. The van der Waals surface area contributed by atoms with Crippen molar-refractivity contribution in [1.82, 2.24) is 45.3 Å². The van der Waals surface area contributed by atoms with Gasteiger partial charge in [0.25, 0.3) is 35.4 Å². The Balaban J connectivity index is 0.979. The zero-order valence-electron chi connectivity index (χ0n) is 48.1. The molecule has 28 heteroatoms. The van der Waals surface area contributed by atoms with E-state index in [2.05, 4.69) is 25.8 Å². The van der Waals surface area contributed by atoms with Crippen molar-refractivity contribution in [2.24, 2.45) is 0 Å². The summed E-state index contributed by atoms with van der Waals surface area (Å²) < 4.78 is 25.2. The van der Waals surface area contributed by atoms with E-state index in [4.69, 9.17) is 67.8 Å². The number of Topliss-reactive ketones (excluding diaryl/α,β-unsaturated/α-hetero) is 1. The average molecular weight is 1330 g/mol. The predicted octanol–water partition coefficient (Wildman–Crippen LogP) is 6.67. The topological polar surface area (TPSA) is 212 Å². The van der Waals surface area contributed by atoms with E-state index in [1.54, 1.807) is 77.7 Å². The first-order valence-electron chi connectivity index (χ1n) is 27.8. The largest absolute Gasteiger partial charge is 0.495 e. The number of methoxy groups -OCH3 is 4. The van der Waals surface area contributed by atoms with E-state index < -0.39 is 17.6 Å². The minimum atomic E-state index is -0.465. The standard InChI is InChI=1S/C59H63N9O11S8/c1-76-46-36(9-5-13-40(46)52(72)65-27-31-84-56(65)80)44-35(45(69)37-10-6-14-41(47(37)77-2)53(73)66-28-32-85-57(66)81)17-21-63(22-18-60-44)25-26-64(23-19-61-50(70)38-11-7-15-42(48(38)78-3)54(74)67-29-33-86-58(67)82)24-20-62-51(71)39-12-8-16-43(49(39)79-4)55(75)68-30-34-87-59(68)83/h5-16,60H,17-34H2,1-4H3,(H,61,70)(H,62,71)/b44-35+. The zero-order valence-corrected chi connectivity index (χ0v) is 54.6. The summed E-state index contributed by atoms with van der Waals surface area (Å²) in [6.07, 6.45) is 0.188. The van der Waals surface area contributed by atoms with Gasteiger partial charge in [0.1, 0.15) is 40.3 Å². The summed E-state index contributed by atoms with van der Waals surface area (Å²) in [5.74, 6) is 0.496. The van der Waals surface area contributed by atoms with E-state index >= 15 is 4.79 Å². The van der Waals surface area contributed by atoms with Crippen LogP contribution in [0.15, 0.2) is 78.4 Å². The van der Waals surface area contributed by atoms with Gasteiger partial charge in [-0.25, -0.2) is 0 Å². The Bertz CT molecular complexity index is 3370. The quantitative estimate of drug-likeness (QED) is 0.0554. The van der Waals surface area contributed by atoms with Crippen molar-refractivity contribution in [2.75, 3.05) is 137 Å². The SMILES string of the molecule is COc1c(C(=O)NCCN(CCNC(=O)c2cccc(C(=O)N3CCSC3=S)c2OC)CCN2CCN/C(c3cccc(C(=O)N4CCSC4=S)c3OC)=C(/C(=O)c3cccc(C(=O)N4CCSC4=S)c3OC)CC2)cccc1C(=O)N1CCSC1=S. The molecule has 458 valence electrons. The normalized spacial score (nSPS) is 17.3. The van der Waals surface area contributed by atoms with Gasteiger partial charge in [-0.3, -0.25) is 63.0 Å². The molecule has 20 nitrogen and oxygen atoms in total. The van der Waals surface area contributed by atoms with Gasteiger partial charge in [0, 0.05) is 119 Å². The highest BCUT2D eigenvalue weighted by Crippen LogP contribution is 2.38. The minimum absolute atomic E-state index is 0.0971. The van der Waals surface area contributed by atoms with E-state index in [0.29, 0.717) is 129 Å². The van der Waals surface area contributed by atoms with Crippen LogP contribution in [0.4, 0.5) is 0 Å². The molecule has 0 bridgehead atoms. The fourth-order valence-electron chi connectivity index (χ4n) is 10.6. The number of ether oxygens (including phenoxy) is 4. The molecular weight excluding hydrogens is 1270 g/mol. The molecule has 0 radical (unpaired) electrons. The second-order valence-electron chi connectivity index (χ2n) is 19.9. The average Bonchev–Trinajstić information content (AvgIpc) is 1.95. The van der Waals surface area contributed by atoms with Crippen molar-refractivity contribution in [3.05, 3.63) is 123 Å². The molecule has 87 heavy (non-hydrogen) atoms. The van der Waals surface area contributed by atoms with Crippen LogP contribution in [0.2, 0.25) is 0 Å². The second-order valence-corrected chi connectivity index (χ2v) is 26.8. The monoisotopic (exact) mass is 1330 g/mol. The molecule has 4 aromatic rings. The molecule has 4 saturated heterocycles. The molecule has 4 fully saturated rings. The summed E-state index contributed by atoms with van der Waals surface area (Å²) in [6.45, 7) is 4.78. The summed E-state index contributed by atoms with van der Waals surface area (Å²) >= 11 is 27.6. The summed E-state index contributed by atoms with van der Waals surface area (Å²) in [6, 6.07) is 19.7. The number of ketones is 1. The number of benzene rings is 4. The Morgan fingerprint density at radius 2 is 0.851 bits per heavy atom. The first kappa shape index (κ1) is 65.2. The van der Waals surface area contributed by atoms with Crippen molar-refractivity contribution in [1.29, 1.82) is 0 Å². The summed E-state index contributed by atoms with van der Waals surface area (Å²) in [4.78, 5) is 109. The number of rotatable bonds is 22. The van der Waals surface area contributed by atoms with Crippen LogP contribution in [-0.2, 0) is 0 Å². The van der Waals surface area contributed by atoms with Gasteiger partial charge < -0.3 is 34.9 Å². The number of hydrogen-bond donors (Lipinski definition) is 3. The molecule has 3 N–H and O–H groups in total. The number of thiocarbonyl (C=S) groups is 4. The lowest BCUT2D eigenvalue weighted by molar-refractivity contribution is 0.0848. The third kappa shape index (κ3) is 14.6. The van der Waals surface area contributed by atoms with Crippen LogP contribution in [0, 0.1) is 0 Å². The lowest BCUT2D eigenvalue weighted by Crippen LogP contribution is -2.45. The van der Waals surface area contributed by atoms with Crippen molar-refractivity contribution in [3.63, 3.8) is 0 Å². The first-order valence-corrected chi connectivity index (χ1v) is 33.3. The highest BCUT2D eigenvalue weighted by molar-refractivity contribution is 8.24. The van der Waals surface area contributed by atoms with Gasteiger partial charge in [-0.05, 0) is 55.0 Å². The van der Waals surface area contributed by atoms with Crippen LogP contribution in [0.25, 0.3) is 5.70 Å². The Morgan fingerprint density at radius 3 is 1.24 bits per heavy atom. The molecule has 0 saturated carbocycles. The Morgan fingerprint density at radius 1 is 0.483 bits per heavy atom. The number of thioether (sulfide) groups is 4. The molecule has 4 aromatic carbocycles. The molecule has 5 aliphatic heterocycles. The lowest BCUT2D eigenvalue weighted by Gasteiger charge is -2.31. The van der Waals surface area contributed by atoms with Crippen molar-refractivity contribution in [2.45, 2.75) is 6.42 Å². The van der Waals surface area contributed by atoms with E-state index in [1.165, 1.54) is 90.2 Å². The third-order valence-corrected chi connectivity index (χ3v) is 20.7. The molecule has 0 aromatic heterocycles. The molecule has 6 amide bonds. The Labute approximate surface area is 542 Å². The number of nitrogens with one attached hydrogen (secondary N) is 3. The zero-order chi connectivity index (χ0) is 61.9. The van der Waals surface area contributed by atoms with Crippen LogP contribution < -0.4 is 34.9 Å². The number of carbonyl (C=O) groups excluding carboxylic acids is 7. The summed E-state index contributed by atoms with van der Waals surface area (Å²) in [5, 5.41) is 9.56.